The van der Waals surface area contributed by atoms with Crippen LogP contribution in [0, 0.1) is 17.3 Å². The number of rotatable bonds is 4. The second-order valence-corrected chi connectivity index (χ2v) is 7.89. The second kappa shape index (κ2) is 5.49. The Bertz CT molecular complexity index is 541. The van der Waals surface area contributed by atoms with E-state index in [0.29, 0.717) is 5.41 Å². The number of imidazole rings is 1. The summed E-state index contributed by atoms with van der Waals surface area (Å²) in [5.74, 6) is 1.56. The van der Waals surface area contributed by atoms with E-state index >= 15 is 0 Å². The molecule has 3 rings (SSSR count). The van der Waals surface area contributed by atoms with Crippen molar-refractivity contribution in [1.29, 1.82) is 0 Å². The van der Waals surface area contributed by atoms with Gasteiger partial charge >= 0.3 is 0 Å². The molecule has 0 radical (unpaired) electrons. The molecule has 20 heavy (non-hydrogen) atoms. The highest BCUT2D eigenvalue weighted by atomic mass is 32.1. The minimum atomic E-state index is 0.492. The third-order valence-corrected chi connectivity index (χ3v) is 5.52. The zero-order valence-corrected chi connectivity index (χ0v) is 13.5. The minimum Gasteiger partial charge on any atom is -0.319 e. The molecule has 1 saturated carbocycles. The third kappa shape index (κ3) is 2.91. The van der Waals surface area contributed by atoms with Crippen LogP contribution in [0.3, 0.4) is 0 Å². The largest absolute Gasteiger partial charge is 0.319 e. The summed E-state index contributed by atoms with van der Waals surface area (Å²) in [6.45, 7) is 5.98. The summed E-state index contributed by atoms with van der Waals surface area (Å²) in [5.41, 5.74) is 1.76. The fourth-order valence-corrected chi connectivity index (χ4v) is 4.42. The summed E-state index contributed by atoms with van der Waals surface area (Å²) in [6, 6.07) is 0. The molecule has 2 unspecified atom stereocenters. The molecule has 1 aliphatic rings. The van der Waals surface area contributed by atoms with Crippen molar-refractivity contribution in [2.75, 3.05) is 13.6 Å². The van der Waals surface area contributed by atoms with Gasteiger partial charge in [-0.25, -0.2) is 4.98 Å². The molecule has 110 valence electrons. The van der Waals surface area contributed by atoms with Crippen molar-refractivity contribution >= 4 is 16.3 Å². The van der Waals surface area contributed by atoms with Crippen LogP contribution in [0.5, 0.6) is 0 Å². The Labute approximate surface area is 125 Å². The van der Waals surface area contributed by atoms with Gasteiger partial charge in [0.2, 0.25) is 0 Å². The molecular formula is C16H25N3S. The Morgan fingerprint density at radius 1 is 1.45 bits per heavy atom. The number of nitrogens with one attached hydrogen (secondary N) is 1. The van der Waals surface area contributed by atoms with Gasteiger partial charge in [-0.05, 0) is 56.5 Å². The lowest BCUT2D eigenvalue weighted by Gasteiger charge is -2.40. The first-order valence-corrected chi connectivity index (χ1v) is 8.51. The summed E-state index contributed by atoms with van der Waals surface area (Å²) >= 11 is 1.72. The molecule has 1 aliphatic carbocycles. The highest BCUT2D eigenvalue weighted by molar-refractivity contribution is 7.15. The number of hydrogen-bond donors (Lipinski definition) is 1. The monoisotopic (exact) mass is 291 g/mol. The van der Waals surface area contributed by atoms with E-state index in [9.17, 15) is 0 Å². The molecule has 0 saturated heterocycles. The van der Waals surface area contributed by atoms with E-state index in [2.05, 4.69) is 48.4 Å². The van der Waals surface area contributed by atoms with E-state index < -0.39 is 0 Å². The van der Waals surface area contributed by atoms with Gasteiger partial charge in [-0.3, -0.25) is 4.40 Å². The second-order valence-electron chi connectivity index (χ2n) is 7.01. The molecule has 0 aromatic carbocycles. The smallest absolute Gasteiger partial charge is 0.193 e. The number of hydrogen-bond acceptors (Lipinski definition) is 3. The van der Waals surface area contributed by atoms with Gasteiger partial charge in [0.25, 0.3) is 0 Å². The number of aromatic nitrogens is 2. The fraction of sp³-hybridized carbons (Fsp3) is 0.688. The molecule has 1 fully saturated rings. The molecule has 2 heterocycles. The van der Waals surface area contributed by atoms with Gasteiger partial charge in [-0.2, -0.15) is 0 Å². The predicted molar refractivity (Wildman–Crippen MR) is 85.3 cm³/mol. The zero-order valence-electron chi connectivity index (χ0n) is 12.7. The van der Waals surface area contributed by atoms with E-state index in [4.69, 9.17) is 4.98 Å². The van der Waals surface area contributed by atoms with E-state index in [1.807, 2.05) is 0 Å². The van der Waals surface area contributed by atoms with E-state index in [1.165, 1.54) is 25.0 Å². The predicted octanol–water partition coefficient (Wildman–Crippen LogP) is 3.60. The van der Waals surface area contributed by atoms with Crippen LogP contribution in [0.4, 0.5) is 0 Å². The van der Waals surface area contributed by atoms with Crippen LogP contribution in [-0.4, -0.2) is 23.0 Å². The van der Waals surface area contributed by atoms with Gasteiger partial charge in [0.15, 0.2) is 4.96 Å². The average Bonchev–Trinajstić information content (AvgIpc) is 2.93. The maximum atomic E-state index is 4.77. The highest BCUT2D eigenvalue weighted by Gasteiger charge is 2.34. The first kappa shape index (κ1) is 14.1. The molecular weight excluding hydrogens is 266 g/mol. The maximum absolute atomic E-state index is 4.77. The lowest BCUT2D eigenvalue weighted by molar-refractivity contribution is 0.116. The number of nitrogens with zero attached hydrogens (tertiary/aromatic N) is 2. The Hall–Kier alpha value is -0.870. The molecule has 0 aliphatic heterocycles. The standard InChI is InChI=1S/C16H25N3S/c1-16(2)5-4-12(10-17-3)13(9-16)8-14-11-19-6-7-20-15(19)18-14/h6-7,11-13,17H,4-5,8-10H2,1-3H3. The first-order chi connectivity index (χ1) is 9.57. The molecule has 2 atom stereocenters. The van der Waals surface area contributed by atoms with Crippen LogP contribution in [0.1, 0.15) is 38.8 Å². The topological polar surface area (TPSA) is 29.3 Å². The molecule has 0 spiro atoms. The minimum absolute atomic E-state index is 0.492. The zero-order chi connectivity index (χ0) is 14.2. The molecule has 2 aromatic heterocycles. The molecule has 0 amide bonds. The van der Waals surface area contributed by atoms with Crippen LogP contribution in [0.2, 0.25) is 0 Å². The highest BCUT2D eigenvalue weighted by Crippen LogP contribution is 2.42. The van der Waals surface area contributed by atoms with E-state index in [0.717, 1.165) is 29.8 Å². The number of fused-ring (bicyclic) bond motifs is 1. The van der Waals surface area contributed by atoms with Crippen molar-refractivity contribution in [3.05, 3.63) is 23.5 Å². The van der Waals surface area contributed by atoms with Gasteiger partial charge in [0, 0.05) is 17.8 Å². The number of thiazole rings is 1. The van der Waals surface area contributed by atoms with E-state index in [1.54, 1.807) is 11.3 Å². The van der Waals surface area contributed by atoms with Crippen molar-refractivity contribution in [3.8, 4) is 0 Å². The van der Waals surface area contributed by atoms with Crippen molar-refractivity contribution < 1.29 is 0 Å². The molecule has 2 aromatic rings. The third-order valence-electron chi connectivity index (χ3n) is 4.75. The van der Waals surface area contributed by atoms with Gasteiger partial charge < -0.3 is 5.32 Å². The van der Waals surface area contributed by atoms with Crippen molar-refractivity contribution in [2.45, 2.75) is 39.5 Å². The normalized spacial score (nSPS) is 26.1. The average molecular weight is 291 g/mol. The lowest BCUT2D eigenvalue weighted by atomic mass is 9.66. The van der Waals surface area contributed by atoms with Gasteiger partial charge in [0.05, 0.1) is 5.69 Å². The molecule has 3 nitrogen and oxygen atoms in total. The first-order valence-electron chi connectivity index (χ1n) is 7.63. The fourth-order valence-electron chi connectivity index (χ4n) is 3.70. The Morgan fingerprint density at radius 2 is 2.30 bits per heavy atom. The summed E-state index contributed by atoms with van der Waals surface area (Å²) in [4.78, 5) is 5.90. The van der Waals surface area contributed by atoms with Crippen molar-refractivity contribution in [3.63, 3.8) is 0 Å². The molecule has 1 N–H and O–H groups in total. The van der Waals surface area contributed by atoms with Crippen LogP contribution in [-0.2, 0) is 6.42 Å². The van der Waals surface area contributed by atoms with Crippen LogP contribution >= 0.6 is 11.3 Å². The van der Waals surface area contributed by atoms with Crippen LogP contribution < -0.4 is 5.32 Å². The summed E-state index contributed by atoms with van der Waals surface area (Å²) in [6.07, 6.45) is 9.47. The lowest BCUT2D eigenvalue weighted by Crippen LogP contribution is -2.36. The quantitative estimate of drug-likeness (QED) is 0.932. The van der Waals surface area contributed by atoms with Gasteiger partial charge in [0.1, 0.15) is 0 Å². The Balaban J connectivity index is 1.76. The van der Waals surface area contributed by atoms with Crippen molar-refractivity contribution in [1.82, 2.24) is 14.7 Å². The SMILES string of the molecule is CNCC1CCC(C)(C)CC1Cc1cn2ccsc2n1. The Kier molecular flexibility index (Phi) is 3.87. The van der Waals surface area contributed by atoms with Gasteiger partial charge in [-0.15, -0.1) is 11.3 Å². The molecule has 0 bridgehead atoms. The molecule has 4 heteroatoms. The maximum Gasteiger partial charge on any atom is 0.193 e. The van der Waals surface area contributed by atoms with Crippen LogP contribution in [0.25, 0.3) is 4.96 Å². The van der Waals surface area contributed by atoms with Gasteiger partial charge in [-0.1, -0.05) is 13.8 Å². The summed E-state index contributed by atoms with van der Waals surface area (Å²) < 4.78 is 2.15. The van der Waals surface area contributed by atoms with Crippen molar-refractivity contribution in [2.24, 2.45) is 17.3 Å². The summed E-state index contributed by atoms with van der Waals surface area (Å²) in [5, 5.41) is 5.48. The van der Waals surface area contributed by atoms with E-state index in [-0.39, 0.29) is 0 Å². The van der Waals surface area contributed by atoms with Crippen LogP contribution in [0.15, 0.2) is 17.8 Å². The summed E-state index contributed by atoms with van der Waals surface area (Å²) in [7, 11) is 2.07. The Morgan fingerprint density at radius 3 is 3.05 bits per heavy atom.